The third-order valence-corrected chi connectivity index (χ3v) is 4.38. The standard InChI is InChI=1S/C8H13N3O3S/c1-7-8(6-9-10-7)15(12,13)11-2-4-14-5-3-11/h6H,2-5H2,1H3,(H,9,10). The van der Waals surface area contributed by atoms with E-state index in [9.17, 15) is 8.42 Å². The fourth-order valence-electron chi connectivity index (χ4n) is 1.53. The first kappa shape index (κ1) is 10.6. The largest absolute Gasteiger partial charge is 0.379 e. The molecule has 84 valence electrons. The number of sulfonamides is 1. The molecular weight excluding hydrogens is 218 g/mol. The van der Waals surface area contributed by atoms with Crippen molar-refractivity contribution >= 4 is 10.0 Å². The molecule has 2 rings (SSSR count). The molecule has 6 nitrogen and oxygen atoms in total. The maximum Gasteiger partial charge on any atom is 0.246 e. The molecule has 1 N–H and O–H groups in total. The highest BCUT2D eigenvalue weighted by Crippen LogP contribution is 2.18. The van der Waals surface area contributed by atoms with Crippen LogP contribution in [0.4, 0.5) is 0 Å². The van der Waals surface area contributed by atoms with Gasteiger partial charge in [-0.05, 0) is 6.92 Å². The molecule has 1 aromatic rings. The van der Waals surface area contributed by atoms with Gasteiger partial charge < -0.3 is 4.74 Å². The van der Waals surface area contributed by atoms with Gasteiger partial charge in [0.05, 0.1) is 25.1 Å². The van der Waals surface area contributed by atoms with Crippen LogP contribution in [0, 0.1) is 6.92 Å². The van der Waals surface area contributed by atoms with Crippen LogP contribution in [0.25, 0.3) is 0 Å². The maximum absolute atomic E-state index is 12.1. The van der Waals surface area contributed by atoms with E-state index in [0.29, 0.717) is 32.0 Å². The van der Waals surface area contributed by atoms with E-state index < -0.39 is 10.0 Å². The molecule has 0 amide bonds. The van der Waals surface area contributed by atoms with Gasteiger partial charge in [0.2, 0.25) is 10.0 Å². The monoisotopic (exact) mass is 231 g/mol. The van der Waals surface area contributed by atoms with E-state index in [2.05, 4.69) is 10.2 Å². The Morgan fingerprint density at radius 1 is 1.47 bits per heavy atom. The number of aryl methyl sites for hydroxylation is 1. The number of morpholine rings is 1. The van der Waals surface area contributed by atoms with Gasteiger partial charge in [0, 0.05) is 13.1 Å². The molecule has 1 fully saturated rings. The lowest BCUT2D eigenvalue weighted by Crippen LogP contribution is -2.40. The average molecular weight is 231 g/mol. The van der Waals surface area contributed by atoms with Gasteiger partial charge >= 0.3 is 0 Å². The predicted molar refractivity (Wildman–Crippen MR) is 52.9 cm³/mol. The van der Waals surface area contributed by atoms with Gasteiger partial charge in [0.1, 0.15) is 4.90 Å². The van der Waals surface area contributed by atoms with E-state index in [1.54, 1.807) is 6.92 Å². The first-order chi connectivity index (χ1) is 7.12. The van der Waals surface area contributed by atoms with Gasteiger partial charge in [0.25, 0.3) is 0 Å². The van der Waals surface area contributed by atoms with Crippen molar-refractivity contribution in [1.29, 1.82) is 0 Å². The first-order valence-corrected chi connectivity index (χ1v) is 6.14. The fourth-order valence-corrected chi connectivity index (χ4v) is 3.05. The summed E-state index contributed by atoms with van der Waals surface area (Å²) in [5, 5.41) is 6.35. The normalized spacial score (nSPS) is 19.3. The molecule has 1 aliphatic heterocycles. The molecule has 1 aliphatic rings. The SMILES string of the molecule is Cc1[nH]ncc1S(=O)(=O)N1CCOCC1. The maximum atomic E-state index is 12.1. The number of hydrogen-bond donors (Lipinski definition) is 1. The number of nitrogens with zero attached hydrogens (tertiary/aromatic N) is 2. The average Bonchev–Trinajstić information content (AvgIpc) is 2.66. The number of aromatic nitrogens is 2. The van der Waals surface area contributed by atoms with Gasteiger partial charge in [-0.15, -0.1) is 0 Å². The van der Waals surface area contributed by atoms with Crippen molar-refractivity contribution in [3.8, 4) is 0 Å². The number of H-pyrrole nitrogens is 1. The van der Waals surface area contributed by atoms with Gasteiger partial charge in [-0.25, -0.2) is 8.42 Å². The Hall–Kier alpha value is -0.920. The van der Waals surface area contributed by atoms with E-state index in [1.165, 1.54) is 10.5 Å². The third kappa shape index (κ3) is 1.90. The highest BCUT2D eigenvalue weighted by molar-refractivity contribution is 7.89. The molecule has 0 aliphatic carbocycles. The van der Waals surface area contributed by atoms with E-state index in [4.69, 9.17) is 4.74 Å². The first-order valence-electron chi connectivity index (χ1n) is 4.70. The number of ether oxygens (including phenoxy) is 1. The Balaban J connectivity index is 2.30. The van der Waals surface area contributed by atoms with Crippen LogP contribution in [0.2, 0.25) is 0 Å². The Morgan fingerprint density at radius 2 is 2.13 bits per heavy atom. The van der Waals surface area contributed by atoms with Crippen LogP contribution >= 0.6 is 0 Å². The molecule has 15 heavy (non-hydrogen) atoms. The summed E-state index contributed by atoms with van der Waals surface area (Å²) in [6.45, 7) is 3.42. The summed E-state index contributed by atoms with van der Waals surface area (Å²) in [5.74, 6) is 0. The van der Waals surface area contributed by atoms with Crippen LogP contribution in [0.5, 0.6) is 0 Å². The predicted octanol–water partition coefficient (Wildman–Crippen LogP) is -0.261. The summed E-state index contributed by atoms with van der Waals surface area (Å²) in [6, 6.07) is 0. The quantitative estimate of drug-likeness (QED) is 0.761. The lowest BCUT2D eigenvalue weighted by atomic mass is 10.5. The van der Waals surface area contributed by atoms with Crippen LogP contribution in [-0.4, -0.2) is 49.2 Å². The van der Waals surface area contributed by atoms with E-state index in [0.717, 1.165) is 0 Å². The van der Waals surface area contributed by atoms with E-state index in [-0.39, 0.29) is 4.90 Å². The molecule has 0 atom stereocenters. The summed E-state index contributed by atoms with van der Waals surface area (Å²) in [6.07, 6.45) is 1.35. The van der Waals surface area contributed by atoms with Crippen molar-refractivity contribution in [2.24, 2.45) is 0 Å². The van der Waals surface area contributed by atoms with Crippen LogP contribution in [0.15, 0.2) is 11.1 Å². The molecule has 0 radical (unpaired) electrons. The van der Waals surface area contributed by atoms with Crippen molar-refractivity contribution in [3.05, 3.63) is 11.9 Å². The highest BCUT2D eigenvalue weighted by atomic mass is 32.2. The Bertz CT molecular complexity index is 434. The zero-order chi connectivity index (χ0) is 10.9. The molecule has 1 aromatic heterocycles. The minimum absolute atomic E-state index is 0.254. The van der Waals surface area contributed by atoms with Gasteiger partial charge in [-0.3, -0.25) is 5.10 Å². The van der Waals surface area contributed by atoms with Gasteiger partial charge in [-0.2, -0.15) is 9.40 Å². The van der Waals surface area contributed by atoms with Crippen molar-refractivity contribution in [1.82, 2.24) is 14.5 Å². The minimum Gasteiger partial charge on any atom is -0.379 e. The second-order valence-corrected chi connectivity index (χ2v) is 5.28. The summed E-state index contributed by atoms with van der Waals surface area (Å²) >= 11 is 0. The Kier molecular flexibility index (Phi) is 2.76. The molecule has 1 saturated heterocycles. The number of hydrogen-bond acceptors (Lipinski definition) is 4. The van der Waals surface area contributed by atoms with Crippen molar-refractivity contribution in [3.63, 3.8) is 0 Å². The number of aromatic amines is 1. The molecule has 0 saturated carbocycles. The topological polar surface area (TPSA) is 75.3 Å². The summed E-state index contributed by atoms with van der Waals surface area (Å²) in [4.78, 5) is 0.254. The third-order valence-electron chi connectivity index (χ3n) is 2.37. The molecule has 7 heteroatoms. The lowest BCUT2D eigenvalue weighted by Gasteiger charge is -2.25. The fraction of sp³-hybridized carbons (Fsp3) is 0.625. The zero-order valence-corrected chi connectivity index (χ0v) is 9.25. The zero-order valence-electron chi connectivity index (χ0n) is 8.43. The molecule has 0 unspecified atom stereocenters. The Morgan fingerprint density at radius 3 is 2.67 bits per heavy atom. The van der Waals surface area contributed by atoms with Crippen LogP contribution in [0.1, 0.15) is 5.69 Å². The lowest BCUT2D eigenvalue weighted by molar-refractivity contribution is 0.0730. The Labute approximate surface area is 88.3 Å². The second kappa shape index (κ2) is 3.92. The van der Waals surface area contributed by atoms with Crippen LogP contribution in [-0.2, 0) is 14.8 Å². The van der Waals surface area contributed by atoms with Crippen molar-refractivity contribution < 1.29 is 13.2 Å². The molecule has 2 heterocycles. The molecular formula is C8H13N3O3S. The number of rotatable bonds is 2. The second-order valence-electron chi connectivity index (χ2n) is 3.38. The van der Waals surface area contributed by atoms with E-state index >= 15 is 0 Å². The minimum atomic E-state index is -3.39. The van der Waals surface area contributed by atoms with Crippen LogP contribution < -0.4 is 0 Å². The van der Waals surface area contributed by atoms with E-state index in [1.807, 2.05) is 0 Å². The van der Waals surface area contributed by atoms with Crippen molar-refractivity contribution in [2.45, 2.75) is 11.8 Å². The van der Waals surface area contributed by atoms with Crippen LogP contribution in [0.3, 0.4) is 0 Å². The molecule has 0 aromatic carbocycles. The van der Waals surface area contributed by atoms with Gasteiger partial charge in [0.15, 0.2) is 0 Å². The smallest absolute Gasteiger partial charge is 0.246 e. The molecule has 0 bridgehead atoms. The van der Waals surface area contributed by atoms with Crippen molar-refractivity contribution in [2.75, 3.05) is 26.3 Å². The summed E-state index contributed by atoms with van der Waals surface area (Å²) in [7, 11) is -3.39. The van der Waals surface area contributed by atoms with Gasteiger partial charge in [-0.1, -0.05) is 0 Å². The number of nitrogens with one attached hydrogen (secondary N) is 1. The summed E-state index contributed by atoms with van der Waals surface area (Å²) in [5.41, 5.74) is 0.571. The summed E-state index contributed by atoms with van der Waals surface area (Å²) < 4.78 is 30.7. The molecule has 0 spiro atoms. The highest BCUT2D eigenvalue weighted by Gasteiger charge is 2.28.